The third-order valence-corrected chi connectivity index (χ3v) is 4.36. The van der Waals surface area contributed by atoms with Crippen molar-refractivity contribution in [2.24, 2.45) is 0 Å². The second kappa shape index (κ2) is 7.36. The van der Waals surface area contributed by atoms with Crippen LogP contribution in [-0.4, -0.2) is 12.9 Å². The summed E-state index contributed by atoms with van der Waals surface area (Å²) in [4.78, 5) is 0. The van der Waals surface area contributed by atoms with Gasteiger partial charge in [0.25, 0.3) is 0 Å². The van der Waals surface area contributed by atoms with E-state index in [0.29, 0.717) is 18.6 Å². The summed E-state index contributed by atoms with van der Waals surface area (Å²) in [5, 5.41) is 0. The van der Waals surface area contributed by atoms with Gasteiger partial charge in [-0.2, -0.15) is 0 Å². The predicted molar refractivity (Wildman–Crippen MR) is 84.0 cm³/mol. The lowest BCUT2D eigenvalue weighted by Gasteiger charge is -2.29. The van der Waals surface area contributed by atoms with Crippen LogP contribution in [0.15, 0.2) is 36.4 Å². The van der Waals surface area contributed by atoms with Gasteiger partial charge in [0.15, 0.2) is 17.9 Å². The van der Waals surface area contributed by atoms with Gasteiger partial charge in [-0.15, -0.1) is 0 Å². The highest BCUT2D eigenvalue weighted by Crippen LogP contribution is 2.30. The Hall–Kier alpha value is -1.85. The zero-order valence-corrected chi connectivity index (χ0v) is 13.4. The first kappa shape index (κ1) is 17.0. The van der Waals surface area contributed by atoms with Crippen molar-refractivity contribution in [2.75, 3.05) is 6.61 Å². The lowest BCUT2D eigenvalue weighted by molar-refractivity contribution is -0.174. The minimum absolute atomic E-state index is 0.0436. The summed E-state index contributed by atoms with van der Waals surface area (Å²) in [5.41, 5.74) is 1.70. The van der Waals surface area contributed by atoms with Gasteiger partial charge in [-0.3, -0.25) is 0 Å². The molecule has 0 amide bonds. The number of hydrogen-bond acceptors (Lipinski definition) is 2. The normalized spacial score (nSPS) is 21.0. The first-order valence-corrected chi connectivity index (χ1v) is 7.96. The zero-order chi connectivity index (χ0) is 17.1. The summed E-state index contributed by atoms with van der Waals surface area (Å²) in [6.07, 6.45) is 0.954. The molecule has 3 rings (SSSR count). The second-order valence-electron chi connectivity index (χ2n) is 6.07. The van der Waals surface area contributed by atoms with Crippen LogP contribution >= 0.6 is 0 Å². The molecule has 0 bridgehead atoms. The molecule has 0 spiro atoms. The molecular weight excluding hydrogens is 317 g/mol. The van der Waals surface area contributed by atoms with E-state index in [1.165, 1.54) is 12.1 Å². The van der Waals surface area contributed by atoms with E-state index in [9.17, 15) is 13.2 Å². The van der Waals surface area contributed by atoms with Crippen LogP contribution < -0.4 is 0 Å². The lowest BCUT2D eigenvalue weighted by atomic mass is 9.92. The Labute approximate surface area is 139 Å². The number of hydrogen-bond donors (Lipinski definition) is 0. The second-order valence-corrected chi connectivity index (χ2v) is 6.07. The van der Waals surface area contributed by atoms with Crippen molar-refractivity contribution in [2.45, 2.75) is 38.6 Å². The van der Waals surface area contributed by atoms with Crippen molar-refractivity contribution >= 4 is 0 Å². The fourth-order valence-electron chi connectivity index (χ4n) is 2.83. The summed E-state index contributed by atoms with van der Waals surface area (Å²) < 4.78 is 51.6. The maximum Gasteiger partial charge on any atom is 0.164 e. The summed E-state index contributed by atoms with van der Waals surface area (Å²) in [5.74, 6) is -1.87. The van der Waals surface area contributed by atoms with Crippen LogP contribution in [0.5, 0.6) is 0 Å². The van der Waals surface area contributed by atoms with Crippen LogP contribution in [0.2, 0.25) is 0 Å². The molecule has 1 fully saturated rings. The van der Waals surface area contributed by atoms with Gasteiger partial charge in [-0.1, -0.05) is 24.3 Å². The van der Waals surface area contributed by atoms with E-state index in [0.717, 1.165) is 18.1 Å². The standard InChI is InChI=1S/C19H19F3O2/c1-12-5-6-13(9-17(12)21)14-7-8-18(23-10-14)24-11-15-3-2-4-16(20)19(15)22/h2-6,9,14,18H,7-8,10-11H2,1H3. The molecule has 0 aromatic heterocycles. The summed E-state index contributed by atoms with van der Waals surface area (Å²) in [6, 6.07) is 9.23. The molecule has 1 heterocycles. The molecule has 0 aliphatic carbocycles. The van der Waals surface area contributed by atoms with Crippen molar-refractivity contribution < 1.29 is 22.6 Å². The highest BCUT2D eigenvalue weighted by atomic mass is 19.2. The van der Waals surface area contributed by atoms with Gasteiger partial charge in [-0.25, -0.2) is 13.2 Å². The Kier molecular flexibility index (Phi) is 5.21. The van der Waals surface area contributed by atoms with Crippen LogP contribution in [0.3, 0.4) is 0 Å². The molecule has 0 radical (unpaired) electrons. The maximum absolute atomic E-state index is 13.7. The predicted octanol–water partition coefficient (Wildman–Crippen LogP) is 4.85. The fourth-order valence-corrected chi connectivity index (χ4v) is 2.83. The molecule has 1 saturated heterocycles. The van der Waals surface area contributed by atoms with E-state index in [2.05, 4.69) is 0 Å². The first-order valence-electron chi connectivity index (χ1n) is 7.96. The van der Waals surface area contributed by atoms with Gasteiger partial charge < -0.3 is 9.47 Å². The number of halogens is 3. The topological polar surface area (TPSA) is 18.5 Å². The number of aryl methyl sites for hydroxylation is 1. The molecule has 24 heavy (non-hydrogen) atoms. The monoisotopic (exact) mass is 336 g/mol. The Bertz CT molecular complexity index is 710. The third kappa shape index (κ3) is 3.79. The molecule has 0 N–H and O–H groups in total. The zero-order valence-electron chi connectivity index (χ0n) is 13.4. The Balaban J connectivity index is 1.53. The van der Waals surface area contributed by atoms with Crippen LogP contribution in [-0.2, 0) is 16.1 Å². The van der Waals surface area contributed by atoms with E-state index in [1.807, 2.05) is 6.07 Å². The first-order chi connectivity index (χ1) is 11.5. The number of rotatable bonds is 4. The average molecular weight is 336 g/mol. The van der Waals surface area contributed by atoms with Crippen molar-refractivity contribution in [3.63, 3.8) is 0 Å². The summed E-state index contributed by atoms with van der Waals surface area (Å²) in [6.45, 7) is 2.10. The summed E-state index contributed by atoms with van der Waals surface area (Å²) in [7, 11) is 0. The Morgan fingerprint density at radius 1 is 1.08 bits per heavy atom. The van der Waals surface area contributed by atoms with Crippen molar-refractivity contribution in [3.05, 3.63) is 70.5 Å². The molecule has 1 aliphatic heterocycles. The van der Waals surface area contributed by atoms with E-state index < -0.39 is 17.9 Å². The molecule has 2 nitrogen and oxygen atoms in total. The van der Waals surface area contributed by atoms with Gasteiger partial charge >= 0.3 is 0 Å². The molecule has 2 unspecified atom stereocenters. The van der Waals surface area contributed by atoms with E-state index >= 15 is 0 Å². The highest BCUT2D eigenvalue weighted by Gasteiger charge is 2.24. The Morgan fingerprint density at radius 3 is 2.62 bits per heavy atom. The molecule has 2 aromatic carbocycles. The fraction of sp³-hybridized carbons (Fsp3) is 0.368. The van der Waals surface area contributed by atoms with Crippen molar-refractivity contribution in [3.8, 4) is 0 Å². The van der Waals surface area contributed by atoms with Crippen LogP contribution in [0.4, 0.5) is 13.2 Å². The molecule has 0 saturated carbocycles. The minimum atomic E-state index is -0.888. The lowest BCUT2D eigenvalue weighted by Crippen LogP contribution is -2.27. The molecule has 2 aromatic rings. The molecule has 2 atom stereocenters. The number of ether oxygens (including phenoxy) is 2. The highest BCUT2D eigenvalue weighted by molar-refractivity contribution is 5.26. The number of benzene rings is 2. The van der Waals surface area contributed by atoms with E-state index in [1.54, 1.807) is 19.1 Å². The minimum Gasteiger partial charge on any atom is -0.352 e. The van der Waals surface area contributed by atoms with Gasteiger partial charge in [0.2, 0.25) is 0 Å². The van der Waals surface area contributed by atoms with Gasteiger partial charge in [-0.05, 0) is 43.0 Å². The van der Waals surface area contributed by atoms with Gasteiger partial charge in [0.1, 0.15) is 5.82 Å². The summed E-state index contributed by atoms with van der Waals surface area (Å²) >= 11 is 0. The quantitative estimate of drug-likeness (QED) is 0.795. The largest absolute Gasteiger partial charge is 0.352 e. The van der Waals surface area contributed by atoms with Crippen molar-refractivity contribution in [1.29, 1.82) is 0 Å². The van der Waals surface area contributed by atoms with Crippen LogP contribution in [0.25, 0.3) is 0 Å². The maximum atomic E-state index is 13.7. The van der Waals surface area contributed by atoms with Gasteiger partial charge in [0.05, 0.1) is 13.2 Å². The third-order valence-electron chi connectivity index (χ3n) is 4.36. The van der Waals surface area contributed by atoms with E-state index in [4.69, 9.17) is 9.47 Å². The molecule has 5 heteroatoms. The van der Waals surface area contributed by atoms with E-state index in [-0.39, 0.29) is 23.9 Å². The molecule has 1 aliphatic rings. The van der Waals surface area contributed by atoms with Gasteiger partial charge in [0, 0.05) is 11.5 Å². The Morgan fingerprint density at radius 2 is 1.92 bits per heavy atom. The SMILES string of the molecule is Cc1ccc(C2CCC(OCc3cccc(F)c3F)OC2)cc1F. The smallest absolute Gasteiger partial charge is 0.164 e. The average Bonchev–Trinajstić information content (AvgIpc) is 2.59. The molecule has 128 valence electrons. The van der Waals surface area contributed by atoms with Crippen LogP contribution in [0.1, 0.15) is 35.4 Å². The molecular formula is C19H19F3O2. The van der Waals surface area contributed by atoms with Crippen molar-refractivity contribution in [1.82, 2.24) is 0 Å². The van der Waals surface area contributed by atoms with Crippen LogP contribution in [0, 0.1) is 24.4 Å².